The highest BCUT2D eigenvalue weighted by Gasteiger charge is 2.45. The van der Waals surface area contributed by atoms with Gasteiger partial charge in [0.2, 0.25) is 0 Å². The molecular formula is C11H8ClNO2. The summed E-state index contributed by atoms with van der Waals surface area (Å²) in [5, 5.41) is 18.1. The average Bonchev–Trinajstić information content (AvgIpc) is 2.99. The third kappa shape index (κ3) is 1.57. The van der Waals surface area contributed by atoms with E-state index in [9.17, 15) is 4.79 Å². The summed E-state index contributed by atoms with van der Waals surface area (Å²) >= 11 is 5.74. The van der Waals surface area contributed by atoms with Crippen molar-refractivity contribution in [2.24, 2.45) is 0 Å². The van der Waals surface area contributed by atoms with E-state index in [1.54, 1.807) is 6.07 Å². The predicted octanol–water partition coefficient (Wildman–Crippen LogP) is 2.59. The molecule has 76 valence electrons. The molecular weight excluding hydrogens is 214 g/mol. The first-order valence-corrected chi connectivity index (χ1v) is 4.91. The zero-order valence-corrected chi connectivity index (χ0v) is 8.58. The van der Waals surface area contributed by atoms with Gasteiger partial charge >= 0.3 is 5.97 Å². The number of carboxylic acids is 1. The van der Waals surface area contributed by atoms with E-state index in [-0.39, 0.29) is 10.6 Å². The van der Waals surface area contributed by atoms with Gasteiger partial charge in [-0.2, -0.15) is 5.26 Å². The topological polar surface area (TPSA) is 61.1 Å². The second kappa shape index (κ2) is 3.25. The van der Waals surface area contributed by atoms with Crippen LogP contribution in [0, 0.1) is 11.3 Å². The van der Waals surface area contributed by atoms with Gasteiger partial charge in [0, 0.05) is 0 Å². The summed E-state index contributed by atoms with van der Waals surface area (Å²) in [6, 6.07) is 6.99. The Kier molecular flexibility index (Phi) is 2.17. The molecule has 0 aromatic heterocycles. The number of carboxylic acid groups (broad SMARTS) is 1. The van der Waals surface area contributed by atoms with Gasteiger partial charge < -0.3 is 5.11 Å². The van der Waals surface area contributed by atoms with Gasteiger partial charge in [-0.05, 0) is 30.5 Å². The fourth-order valence-electron chi connectivity index (χ4n) is 1.58. The molecule has 2 rings (SSSR count). The Balaban J connectivity index is 2.49. The van der Waals surface area contributed by atoms with Gasteiger partial charge in [0.1, 0.15) is 0 Å². The summed E-state index contributed by atoms with van der Waals surface area (Å²) in [7, 11) is 0. The third-order valence-corrected chi connectivity index (χ3v) is 3.04. The van der Waals surface area contributed by atoms with Gasteiger partial charge in [-0.3, -0.25) is 0 Å². The molecule has 0 saturated heterocycles. The molecule has 0 bridgehead atoms. The fraction of sp³-hybridized carbons (Fsp3) is 0.273. The van der Waals surface area contributed by atoms with Crippen LogP contribution in [0.15, 0.2) is 18.2 Å². The summed E-state index contributed by atoms with van der Waals surface area (Å²) in [6.07, 6.45) is 1.59. The van der Waals surface area contributed by atoms with E-state index in [1.165, 1.54) is 12.1 Å². The van der Waals surface area contributed by atoms with E-state index >= 15 is 0 Å². The van der Waals surface area contributed by atoms with Crippen molar-refractivity contribution in [3.63, 3.8) is 0 Å². The summed E-state index contributed by atoms with van der Waals surface area (Å²) in [5.41, 5.74) is 0.358. The lowest BCUT2D eigenvalue weighted by atomic mass is 9.96. The first-order chi connectivity index (χ1) is 7.09. The maximum atomic E-state index is 10.8. The van der Waals surface area contributed by atoms with E-state index in [2.05, 4.69) is 6.07 Å². The fourth-order valence-corrected chi connectivity index (χ4v) is 1.78. The molecule has 1 N–H and O–H groups in total. The Hall–Kier alpha value is -1.53. The molecule has 0 amide bonds. The van der Waals surface area contributed by atoms with Gasteiger partial charge in [-0.25, -0.2) is 4.79 Å². The van der Waals surface area contributed by atoms with E-state index < -0.39 is 11.4 Å². The van der Waals surface area contributed by atoms with Crippen molar-refractivity contribution in [2.45, 2.75) is 18.3 Å². The zero-order chi connectivity index (χ0) is 11.1. The molecule has 3 nitrogen and oxygen atoms in total. The van der Waals surface area contributed by atoms with Crippen LogP contribution in [0.2, 0.25) is 5.02 Å². The number of benzene rings is 1. The monoisotopic (exact) mass is 221 g/mol. The Morgan fingerprint density at radius 3 is 2.67 bits per heavy atom. The molecule has 0 heterocycles. The van der Waals surface area contributed by atoms with Crippen LogP contribution in [0.3, 0.4) is 0 Å². The SMILES string of the molecule is N#CC1(c2ccc(Cl)c(C(=O)O)c2)CC1. The number of nitrogens with zero attached hydrogens (tertiary/aromatic N) is 1. The van der Waals surface area contributed by atoms with Crippen molar-refractivity contribution in [3.05, 3.63) is 34.3 Å². The molecule has 15 heavy (non-hydrogen) atoms. The molecule has 1 saturated carbocycles. The van der Waals surface area contributed by atoms with Gasteiger partial charge in [0.25, 0.3) is 0 Å². The van der Waals surface area contributed by atoms with Crippen LogP contribution in [0.4, 0.5) is 0 Å². The zero-order valence-electron chi connectivity index (χ0n) is 7.83. The summed E-state index contributed by atoms with van der Waals surface area (Å²) in [6.45, 7) is 0. The summed E-state index contributed by atoms with van der Waals surface area (Å²) < 4.78 is 0. The predicted molar refractivity (Wildman–Crippen MR) is 54.9 cm³/mol. The molecule has 0 aliphatic heterocycles. The highest BCUT2D eigenvalue weighted by atomic mass is 35.5. The van der Waals surface area contributed by atoms with E-state index in [0.29, 0.717) is 0 Å². The molecule has 1 aromatic carbocycles. The normalized spacial score (nSPS) is 16.8. The van der Waals surface area contributed by atoms with Gasteiger partial charge in [0.15, 0.2) is 0 Å². The number of halogens is 1. The number of carbonyl (C=O) groups is 1. The first kappa shape index (κ1) is 10.0. The highest BCUT2D eigenvalue weighted by Crippen LogP contribution is 2.48. The number of hydrogen-bond acceptors (Lipinski definition) is 2. The van der Waals surface area contributed by atoms with Crippen LogP contribution in [0.25, 0.3) is 0 Å². The first-order valence-electron chi connectivity index (χ1n) is 4.54. The van der Waals surface area contributed by atoms with Crippen LogP contribution < -0.4 is 0 Å². The number of rotatable bonds is 2. The lowest BCUT2D eigenvalue weighted by Crippen LogP contribution is -2.06. The second-order valence-corrected chi connectivity index (χ2v) is 4.10. The van der Waals surface area contributed by atoms with Crippen LogP contribution in [-0.2, 0) is 5.41 Å². The third-order valence-electron chi connectivity index (χ3n) is 2.71. The molecule has 1 aromatic rings. The minimum absolute atomic E-state index is 0.0655. The average molecular weight is 222 g/mol. The van der Waals surface area contributed by atoms with Crippen molar-refractivity contribution in [3.8, 4) is 6.07 Å². The maximum Gasteiger partial charge on any atom is 0.337 e. The highest BCUT2D eigenvalue weighted by molar-refractivity contribution is 6.33. The van der Waals surface area contributed by atoms with Crippen LogP contribution >= 0.6 is 11.6 Å². The number of nitriles is 1. The van der Waals surface area contributed by atoms with Crippen molar-refractivity contribution >= 4 is 17.6 Å². The van der Waals surface area contributed by atoms with Gasteiger partial charge in [0.05, 0.1) is 22.1 Å². The number of aromatic carboxylic acids is 1. The molecule has 0 spiro atoms. The summed E-state index contributed by atoms with van der Waals surface area (Å²) in [5.74, 6) is -1.06. The molecule has 1 aliphatic carbocycles. The van der Waals surface area contributed by atoms with Crippen molar-refractivity contribution in [1.82, 2.24) is 0 Å². The van der Waals surface area contributed by atoms with Gasteiger partial charge in [-0.1, -0.05) is 17.7 Å². The Bertz CT molecular complexity index is 472. The molecule has 4 heteroatoms. The molecule has 1 fully saturated rings. The quantitative estimate of drug-likeness (QED) is 0.835. The van der Waals surface area contributed by atoms with E-state index in [0.717, 1.165) is 18.4 Å². The minimum atomic E-state index is -1.06. The molecule has 0 unspecified atom stereocenters. The van der Waals surface area contributed by atoms with Crippen molar-refractivity contribution in [2.75, 3.05) is 0 Å². The van der Waals surface area contributed by atoms with Gasteiger partial charge in [-0.15, -0.1) is 0 Å². The van der Waals surface area contributed by atoms with E-state index in [4.69, 9.17) is 22.0 Å². The largest absolute Gasteiger partial charge is 0.478 e. The standard InChI is InChI=1S/C11H8ClNO2/c12-9-2-1-7(5-8(9)10(14)15)11(6-13)3-4-11/h1-2,5H,3-4H2,(H,14,15). The van der Waals surface area contributed by atoms with Crippen molar-refractivity contribution < 1.29 is 9.90 Å². The van der Waals surface area contributed by atoms with Crippen molar-refractivity contribution in [1.29, 1.82) is 5.26 Å². The Labute approximate surface area is 91.9 Å². The molecule has 0 radical (unpaired) electrons. The Morgan fingerprint density at radius 2 is 2.20 bits per heavy atom. The van der Waals surface area contributed by atoms with Crippen LogP contribution in [0.1, 0.15) is 28.8 Å². The number of hydrogen-bond donors (Lipinski definition) is 1. The van der Waals surface area contributed by atoms with Crippen LogP contribution in [0.5, 0.6) is 0 Å². The molecule has 1 aliphatic rings. The summed E-state index contributed by atoms with van der Waals surface area (Å²) in [4.78, 5) is 10.8. The Morgan fingerprint density at radius 1 is 1.53 bits per heavy atom. The minimum Gasteiger partial charge on any atom is -0.478 e. The second-order valence-electron chi connectivity index (χ2n) is 3.69. The van der Waals surface area contributed by atoms with E-state index in [1.807, 2.05) is 0 Å². The molecule has 0 atom stereocenters. The maximum absolute atomic E-state index is 10.8. The lowest BCUT2D eigenvalue weighted by Gasteiger charge is -2.07. The smallest absolute Gasteiger partial charge is 0.337 e. The lowest BCUT2D eigenvalue weighted by molar-refractivity contribution is 0.0697. The van der Waals surface area contributed by atoms with Crippen LogP contribution in [-0.4, -0.2) is 11.1 Å².